The van der Waals surface area contributed by atoms with Crippen molar-refractivity contribution in [3.63, 3.8) is 0 Å². The Hall–Kier alpha value is -1.64. The first-order valence-corrected chi connectivity index (χ1v) is 8.67. The minimum Gasteiger partial charge on any atom is -0.344 e. The van der Waals surface area contributed by atoms with Crippen molar-refractivity contribution in [3.05, 3.63) is 71.8 Å². The molecule has 23 heavy (non-hydrogen) atoms. The molecular formula is C21H32N2. The molecule has 4 N–H and O–H groups in total. The molecule has 0 spiro atoms. The summed E-state index contributed by atoms with van der Waals surface area (Å²) in [6.45, 7) is 6.56. The molecule has 2 aromatic rings. The molecule has 0 aliphatic carbocycles. The first-order chi connectivity index (χ1) is 10.9. The largest absolute Gasteiger partial charge is 0.344 e. The van der Waals surface area contributed by atoms with E-state index >= 15 is 0 Å². The molecule has 1 heterocycles. The van der Waals surface area contributed by atoms with Crippen molar-refractivity contribution < 1.29 is 0 Å². The molecule has 126 valence electrons. The summed E-state index contributed by atoms with van der Waals surface area (Å²) in [5, 5.41) is 3.47. The lowest BCUT2D eigenvalue weighted by Gasteiger charge is -2.31. The first kappa shape index (κ1) is 19.4. The van der Waals surface area contributed by atoms with Crippen LogP contribution in [0.3, 0.4) is 0 Å². The van der Waals surface area contributed by atoms with Crippen LogP contribution in [0.1, 0.15) is 50.2 Å². The van der Waals surface area contributed by atoms with Gasteiger partial charge >= 0.3 is 0 Å². The van der Waals surface area contributed by atoms with E-state index in [0.717, 1.165) is 19.0 Å². The number of benzene rings is 2. The molecule has 0 saturated carbocycles. The molecular weight excluding hydrogens is 280 g/mol. The average molecular weight is 313 g/mol. The van der Waals surface area contributed by atoms with E-state index in [0.29, 0.717) is 5.92 Å². The lowest BCUT2D eigenvalue weighted by atomic mass is 9.76. The van der Waals surface area contributed by atoms with Crippen molar-refractivity contribution in [3.8, 4) is 0 Å². The standard InChI is InChI=1S/C18H21N.C3H8.H3N/c1-3-7-15(8-4-1)18(16-9-5-2-6-10-16)17-11-13-19-14-12-17;1-3-2;/h1-10,17-19H,11-14H2;3H2,1-2H3;1H3. The fourth-order valence-corrected chi connectivity index (χ4v) is 3.24. The lowest BCUT2D eigenvalue weighted by Crippen LogP contribution is -2.31. The van der Waals surface area contributed by atoms with Crippen LogP contribution >= 0.6 is 0 Å². The molecule has 2 nitrogen and oxygen atoms in total. The summed E-state index contributed by atoms with van der Waals surface area (Å²) in [4.78, 5) is 0. The van der Waals surface area contributed by atoms with Crippen molar-refractivity contribution in [1.29, 1.82) is 0 Å². The van der Waals surface area contributed by atoms with E-state index in [1.807, 2.05) is 0 Å². The van der Waals surface area contributed by atoms with E-state index in [9.17, 15) is 0 Å². The Morgan fingerprint density at radius 3 is 1.61 bits per heavy atom. The first-order valence-electron chi connectivity index (χ1n) is 8.67. The van der Waals surface area contributed by atoms with Crippen LogP contribution < -0.4 is 11.5 Å². The molecule has 0 aromatic heterocycles. The molecule has 0 radical (unpaired) electrons. The highest BCUT2D eigenvalue weighted by molar-refractivity contribution is 5.33. The molecule has 2 aromatic carbocycles. The van der Waals surface area contributed by atoms with Gasteiger partial charge in [-0.05, 0) is 43.0 Å². The van der Waals surface area contributed by atoms with Gasteiger partial charge in [-0.15, -0.1) is 0 Å². The van der Waals surface area contributed by atoms with E-state index in [1.54, 1.807) is 0 Å². The maximum Gasteiger partial charge on any atom is 0.0119 e. The minimum atomic E-state index is 0. The van der Waals surface area contributed by atoms with Gasteiger partial charge in [-0.25, -0.2) is 0 Å². The van der Waals surface area contributed by atoms with Crippen LogP contribution in [0, 0.1) is 5.92 Å². The number of nitrogens with one attached hydrogen (secondary N) is 1. The van der Waals surface area contributed by atoms with Gasteiger partial charge in [0.1, 0.15) is 0 Å². The predicted molar refractivity (Wildman–Crippen MR) is 101 cm³/mol. The van der Waals surface area contributed by atoms with Gasteiger partial charge in [0.05, 0.1) is 0 Å². The fraction of sp³-hybridized carbons (Fsp3) is 0.429. The Balaban J connectivity index is 0.000000615. The van der Waals surface area contributed by atoms with Crippen molar-refractivity contribution in [2.24, 2.45) is 5.92 Å². The summed E-state index contributed by atoms with van der Waals surface area (Å²) in [7, 11) is 0. The van der Waals surface area contributed by atoms with Crippen LogP contribution in [-0.2, 0) is 0 Å². The van der Waals surface area contributed by atoms with Crippen LogP contribution in [-0.4, -0.2) is 13.1 Å². The number of rotatable bonds is 3. The van der Waals surface area contributed by atoms with Gasteiger partial charge in [0.2, 0.25) is 0 Å². The van der Waals surface area contributed by atoms with Gasteiger partial charge in [0.25, 0.3) is 0 Å². The Bertz CT molecular complexity index is 464. The fourth-order valence-electron chi connectivity index (χ4n) is 3.24. The second kappa shape index (κ2) is 11.0. The molecule has 0 atom stereocenters. The third-order valence-electron chi connectivity index (χ3n) is 4.17. The number of piperidine rings is 1. The topological polar surface area (TPSA) is 47.0 Å². The van der Waals surface area contributed by atoms with Gasteiger partial charge < -0.3 is 11.5 Å². The van der Waals surface area contributed by atoms with Gasteiger partial charge in [-0.3, -0.25) is 0 Å². The molecule has 0 unspecified atom stereocenters. The smallest absolute Gasteiger partial charge is 0.0119 e. The van der Waals surface area contributed by atoms with Crippen LogP contribution in [0.4, 0.5) is 0 Å². The SMILES string of the molecule is CCC.N.c1ccc(C(c2ccccc2)C2CCNCC2)cc1. The third kappa shape index (κ3) is 5.81. The molecule has 0 bridgehead atoms. The zero-order valence-corrected chi connectivity index (χ0v) is 14.7. The van der Waals surface area contributed by atoms with E-state index in [1.165, 1.54) is 30.4 Å². The maximum absolute atomic E-state index is 3.47. The van der Waals surface area contributed by atoms with Crippen molar-refractivity contribution in [2.45, 2.75) is 39.0 Å². The van der Waals surface area contributed by atoms with Crippen LogP contribution in [0.5, 0.6) is 0 Å². The molecule has 1 fully saturated rings. The Kier molecular flexibility index (Phi) is 9.27. The molecule has 1 aliphatic rings. The minimum absolute atomic E-state index is 0. The normalized spacial score (nSPS) is 14.6. The van der Waals surface area contributed by atoms with Crippen molar-refractivity contribution in [1.82, 2.24) is 11.5 Å². The average Bonchev–Trinajstić information content (AvgIpc) is 2.59. The second-order valence-electron chi connectivity index (χ2n) is 6.09. The van der Waals surface area contributed by atoms with Crippen molar-refractivity contribution >= 4 is 0 Å². The molecule has 0 amide bonds. The highest BCUT2D eigenvalue weighted by Gasteiger charge is 2.25. The van der Waals surface area contributed by atoms with Gasteiger partial charge in [0.15, 0.2) is 0 Å². The summed E-state index contributed by atoms with van der Waals surface area (Å²) >= 11 is 0. The van der Waals surface area contributed by atoms with Gasteiger partial charge in [0, 0.05) is 5.92 Å². The van der Waals surface area contributed by atoms with Gasteiger partial charge in [-0.2, -0.15) is 0 Å². The lowest BCUT2D eigenvalue weighted by molar-refractivity contribution is 0.342. The van der Waals surface area contributed by atoms with E-state index in [2.05, 4.69) is 79.8 Å². The molecule has 3 rings (SSSR count). The quantitative estimate of drug-likeness (QED) is 0.797. The highest BCUT2D eigenvalue weighted by atomic mass is 14.9. The van der Waals surface area contributed by atoms with Crippen LogP contribution in [0.25, 0.3) is 0 Å². The maximum atomic E-state index is 3.47. The Labute approximate surface area is 141 Å². The van der Waals surface area contributed by atoms with E-state index in [4.69, 9.17) is 0 Å². The zero-order valence-electron chi connectivity index (χ0n) is 14.7. The zero-order chi connectivity index (χ0) is 15.6. The summed E-state index contributed by atoms with van der Waals surface area (Å²) in [5.41, 5.74) is 2.92. The second-order valence-corrected chi connectivity index (χ2v) is 6.09. The van der Waals surface area contributed by atoms with Crippen LogP contribution in [0.15, 0.2) is 60.7 Å². The molecule has 1 aliphatic heterocycles. The number of hydrogen-bond acceptors (Lipinski definition) is 2. The van der Waals surface area contributed by atoms with E-state index in [-0.39, 0.29) is 6.15 Å². The van der Waals surface area contributed by atoms with Crippen LogP contribution in [0.2, 0.25) is 0 Å². The number of hydrogen-bond donors (Lipinski definition) is 2. The van der Waals surface area contributed by atoms with Crippen molar-refractivity contribution in [2.75, 3.05) is 13.1 Å². The monoisotopic (exact) mass is 312 g/mol. The van der Waals surface area contributed by atoms with E-state index < -0.39 is 0 Å². The van der Waals surface area contributed by atoms with Gasteiger partial charge in [-0.1, -0.05) is 80.9 Å². The Morgan fingerprint density at radius 2 is 1.22 bits per heavy atom. The molecule has 2 heteroatoms. The third-order valence-corrected chi connectivity index (χ3v) is 4.17. The summed E-state index contributed by atoms with van der Waals surface area (Å²) in [6.07, 6.45) is 3.79. The molecule has 1 saturated heterocycles. The highest BCUT2D eigenvalue weighted by Crippen LogP contribution is 2.36. The summed E-state index contributed by atoms with van der Waals surface area (Å²) < 4.78 is 0. The Morgan fingerprint density at radius 1 is 0.826 bits per heavy atom. The summed E-state index contributed by atoms with van der Waals surface area (Å²) in [5.74, 6) is 1.30. The predicted octanol–water partition coefficient (Wildman–Crippen LogP) is 5.40. The summed E-state index contributed by atoms with van der Waals surface area (Å²) in [6, 6.07) is 22.0.